The average Bonchev–Trinajstić information content (AvgIpc) is 2.49. The van der Waals surface area contributed by atoms with Crippen LogP contribution in [0.1, 0.15) is 12.5 Å². The fraction of sp³-hybridized carbons (Fsp3) is 0.600. The molecule has 1 aliphatic heterocycles. The van der Waals surface area contributed by atoms with Gasteiger partial charge in [-0.25, -0.2) is 0 Å². The zero-order valence-corrected chi connectivity index (χ0v) is 13.8. The van der Waals surface area contributed by atoms with Crippen LogP contribution in [0, 0.1) is 0 Å². The van der Waals surface area contributed by atoms with Gasteiger partial charge in [-0.15, -0.1) is 0 Å². The summed E-state index contributed by atoms with van der Waals surface area (Å²) in [6.07, 6.45) is 0. The molecule has 1 aliphatic rings. The van der Waals surface area contributed by atoms with Gasteiger partial charge >= 0.3 is 0 Å². The number of para-hydroxylation sites is 1. The van der Waals surface area contributed by atoms with E-state index in [-0.39, 0.29) is 0 Å². The van der Waals surface area contributed by atoms with Crippen molar-refractivity contribution >= 4 is 23.5 Å². The number of hydrogen-bond acceptors (Lipinski definition) is 5. The number of rotatable bonds is 7. The maximum Gasteiger partial charge on any atom is 0.165 e. The molecular weight excluding hydrogens is 290 g/mol. The van der Waals surface area contributed by atoms with Crippen LogP contribution < -0.4 is 14.8 Å². The Hall–Kier alpha value is -0.520. The van der Waals surface area contributed by atoms with Gasteiger partial charge in [0.25, 0.3) is 0 Å². The molecule has 0 saturated carbocycles. The Labute approximate surface area is 130 Å². The fourth-order valence-corrected chi connectivity index (χ4v) is 4.87. The molecule has 0 amide bonds. The van der Waals surface area contributed by atoms with E-state index < -0.39 is 0 Å². The molecule has 112 valence electrons. The highest BCUT2D eigenvalue weighted by atomic mass is 32.2. The number of nitrogens with one attached hydrogen (secondary N) is 1. The van der Waals surface area contributed by atoms with E-state index in [2.05, 4.69) is 34.9 Å². The molecule has 1 unspecified atom stereocenters. The molecule has 2 rings (SSSR count). The highest BCUT2D eigenvalue weighted by Gasteiger charge is 2.14. The second kappa shape index (κ2) is 8.70. The van der Waals surface area contributed by atoms with Crippen molar-refractivity contribution in [2.45, 2.75) is 18.7 Å². The molecule has 20 heavy (non-hydrogen) atoms. The van der Waals surface area contributed by atoms with E-state index >= 15 is 0 Å². The van der Waals surface area contributed by atoms with Crippen LogP contribution in [-0.2, 0) is 6.54 Å². The van der Waals surface area contributed by atoms with Crippen LogP contribution in [0.25, 0.3) is 0 Å². The Morgan fingerprint density at radius 3 is 2.95 bits per heavy atom. The molecule has 0 aliphatic carbocycles. The largest absolute Gasteiger partial charge is 0.493 e. The smallest absolute Gasteiger partial charge is 0.165 e. The minimum absolute atomic E-state index is 0.656. The van der Waals surface area contributed by atoms with Crippen molar-refractivity contribution in [1.29, 1.82) is 0 Å². The SMILES string of the molecule is CCOc1cccc(CNCC2CSCCS2)c1OC. The highest BCUT2D eigenvalue weighted by Crippen LogP contribution is 2.31. The van der Waals surface area contributed by atoms with E-state index in [0.717, 1.165) is 35.4 Å². The molecule has 0 spiro atoms. The third-order valence-electron chi connectivity index (χ3n) is 3.14. The summed E-state index contributed by atoms with van der Waals surface area (Å²) in [4.78, 5) is 0. The van der Waals surface area contributed by atoms with Crippen molar-refractivity contribution in [2.75, 3.05) is 37.5 Å². The lowest BCUT2D eigenvalue weighted by Gasteiger charge is -2.21. The van der Waals surface area contributed by atoms with Crippen LogP contribution in [0.4, 0.5) is 0 Å². The number of methoxy groups -OCH3 is 1. The molecule has 1 atom stereocenters. The van der Waals surface area contributed by atoms with E-state index in [1.807, 2.05) is 19.1 Å². The number of thioether (sulfide) groups is 2. The molecule has 1 N–H and O–H groups in total. The van der Waals surface area contributed by atoms with Crippen LogP contribution in [-0.4, -0.2) is 42.8 Å². The van der Waals surface area contributed by atoms with E-state index in [4.69, 9.17) is 9.47 Å². The van der Waals surface area contributed by atoms with Crippen LogP contribution in [0.15, 0.2) is 18.2 Å². The lowest BCUT2D eigenvalue weighted by Crippen LogP contribution is -2.28. The molecule has 1 saturated heterocycles. The van der Waals surface area contributed by atoms with Gasteiger partial charge in [0.15, 0.2) is 11.5 Å². The number of hydrogen-bond donors (Lipinski definition) is 1. The van der Waals surface area contributed by atoms with Crippen LogP contribution in [0.5, 0.6) is 11.5 Å². The minimum atomic E-state index is 0.656. The summed E-state index contributed by atoms with van der Waals surface area (Å²) >= 11 is 4.14. The first-order chi connectivity index (χ1) is 9.85. The van der Waals surface area contributed by atoms with E-state index in [9.17, 15) is 0 Å². The van der Waals surface area contributed by atoms with Crippen molar-refractivity contribution < 1.29 is 9.47 Å². The Morgan fingerprint density at radius 2 is 2.25 bits per heavy atom. The van der Waals surface area contributed by atoms with Gasteiger partial charge in [0.2, 0.25) is 0 Å². The lowest BCUT2D eigenvalue weighted by molar-refractivity contribution is 0.308. The van der Waals surface area contributed by atoms with E-state index in [0.29, 0.717) is 6.61 Å². The topological polar surface area (TPSA) is 30.5 Å². The maximum atomic E-state index is 5.60. The van der Waals surface area contributed by atoms with Crippen molar-refractivity contribution in [2.24, 2.45) is 0 Å². The molecule has 5 heteroatoms. The number of ether oxygens (including phenoxy) is 2. The van der Waals surface area contributed by atoms with Gasteiger partial charge in [0.05, 0.1) is 13.7 Å². The van der Waals surface area contributed by atoms with Gasteiger partial charge in [-0.05, 0) is 13.0 Å². The summed E-state index contributed by atoms with van der Waals surface area (Å²) in [5.41, 5.74) is 1.16. The zero-order valence-electron chi connectivity index (χ0n) is 12.2. The predicted octanol–water partition coefficient (Wildman–Crippen LogP) is 3.03. The first-order valence-electron chi connectivity index (χ1n) is 7.04. The van der Waals surface area contributed by atoms with E-state index in [1.54, 1.807) is 7.11 Å². The van der Waals surface area contributed by atoms with Crippen LogP contribution in [0.3, 0.4) is 0 Å². The third-order valence-corrected chi connectivity index (χ3v) is 5.98. The van der Waals surface area contributed by atoms with Gasteiger partial charge < -0.3 is 14.8 Å². The second-order valence-corrected chi connectivity index (χ2v) is 7.14. The van der Waals surface area contributed by atoms with Gasteiger partial charge in [0, 0.05) is 41.2 Å². The summed E-state index contributed by atoms with van der Waals surface area (Å²) in [5.74, 6) is 5.52. The van der Waals surface area contributed by atoms with Gasteiger partial charge in [-0.3, -0.25) is 0 Å². The van der Waals surface area contributed by atoms with Crippen molar-refractivity contribution in [3.05, 3.63) is 23.8 Å². The molecule has 1 aromatic rings. The Morgan fingerprint density at radius 1 is 1.35 bits per heavy atom. The molecule has 1 fully saturated rings. The highest BCUT2D eigenvalue weighted by molar-refractivity contribution is 8.06. The first-order valence-corrected chi connectivity index (χ1v) is 9.24. The van der Waals surface area contributed by atoms with Crippen molar-refractivity contribution in [3.8, 4) is 11.5 Å². The maximum absolute atomic E-state index is 5.60. The van der Waals surface area contributed by atoms with Crippen molar-refractivity contribution in [1.82, 2.24) is 5.32 Å². The standard InChI is InChI=1S/C15H23NO2S2/c1-3-18-14-6-4-5-12(15(14)17-2)9-16-10-13-11-19-7-8-20-13/h4-6,13,16H,3,7-11H2,1-2H3. The average molecular weight is 313 g/mol. The van der Waals surface area contributed by atoms with Crippen LogP contribution in [0.2, 0.25) is 0 Å². The second-order valence-electron chi connectivity index (χ2n) is 4.58. The summed E-state index contributed by atoms with van der Waals surface area (Å²) in [7, 11) is 1.70. The molecule has 3 nitrogen and oxygen atoms in total. The van der Waals surface area contributed by atoms with Gasteiger partial charge in [-0.1, -0.05) is 12.1 Å². The molecule has 0 radical (unpaired) electrons. The molecule has 1 heterocycles. The normalized spacial score (nSPS) is 18.8. The summed E-state index contributed by atoms with van der Waals surface area (Å²) in [5, 5.41) is 4.28. The van der Waals surface area contributed by atoms with Crippen molar-refractivity contribution in [3.63, 3.8) is 0 Å². The summed E-state index contributed by atoms with van der Waals surface area (Å²) in [6, 6.07) is 6.08. The van der Waals surface area contributed by atoms with E-state index in [1.165, 1.54) is 17.3 Å². The molecule has 0 bridgehead atoms. The predicted molar refractivity (Wildman–Crippen MR) is 89.4 cm³/mol. The molecular formula is C15H23NO2S2. The zero-order chi connectivity index (χ0) is 14.2. The number of benzene rings is 1. The first kappa shape index (κ1) is 15.9. The van der Waals surface area contributed by atoms with Crippen LogP contribution >= 0.6 is 23.5 Å². The third kappa shape index (κ3) is 4.50. The summed E-state index contributed by atoms with van der Waals surface area (Å²) < 4.78 is 11.1. The minimum Gasteiger partial charge on any atom is -0.493 e. The Balaban J connectivity index is 1.89. The van der Waals surface area contributed by atoms with Gasteiger partial charge in [0.1, 0.15) is 0 Å². The Bertz CT molecular complexity index is 409. The Kier molecular flexibility index (Phi) is 6.90. The fourth-order valence-electron chi connectivity index (χ4n) is 2.22. The molecule has 1 aromatic carbocycles. The quantitative estimate of drug-likeness (QED) is 0.836. The lowest BCUT2D eigenvalue weighted by atomic mass is 10.2. The summed E-state index contributed by atoms with van der Waals surface area (Å²) in [6.45, 7) is 4.52. The monoisotopic (exact) mass is 313 g/mol. The molecule has 0 aromatic heterocycles. The van der Waals surface area contributed by atoms with Gasteiger partial charge in [-0.2, -0.15) is 23.5 Å².